The van der Waals surface area contributed by atoms with Crippen LogP contribution >= 0.6 is 11.3 Å². The lowest BCUT2D eigenvalue weighted by Gasteiger charge is -2.02. The number of hydrogen-bond acceptors (Lipinski definition) is 6. The van der Waals surface area contributed by atoms with E-state index in [2.05, 4.69) is 20.3 Å². The zero-order valence-corrected chi connectivity index (χ0v) is 13.6. The van der Waals surface area contributed by atoms with Gasteiger partial charge in [0.25, 0.3) is 0 Å². The van der Waals surface area contributed by atoms with Gasteiger partial charge in [-0.1, -0.05) is 29.5 Å². The molecule has 0 saturated carbocycles. The fourth-order valence-corrected chi connectivity index (χ4v) is 3.08. The average Bonchev–Trinajstić information content (AvgIpc) is 3.21. The summed E-state index contributed by atoms with van der Waals surface area (Å²) in [6.45, 7) is 0. The summed E-state index contributed by atoms with van der Waals surface area (Å²) in [5.41, 5.74) is 1.88. The molecular weight excluding hydrogens is 322 g/mol. The Bertz CT molecular complexity index is 1010. The topological polar surface area (TPSA) is 65.2 Å². The van der Waals surface area contributed by atoms with Gasteiger partial charge < -0.3 is 4.74 Å². The van der Waals surface area contributed by atoms with E-state index in [0.29, 0.717) is 5.82 Å². The summed E-state index contributed by atoms with van der Waals surface area (Å²) >= 11 is 1.48. The minimum Gasteiger partial charge on any atom is -0.496 e. The van der Waals surface area contributed by atoms with Gasteiger partial charge in [-0.05, 0) is 30.4 Å². The molecule has 0 unspecified atom stereocenters. The number of methoxy groups -OCH3 is 1. The largest absolute Gasteiger partial charge is 0.496 e. The molecule has 24 heavy (non-hydrogen) atoms. The van der Waals surface area contributed by atoms with E-state index in [-0.39, 0.29) is 0 Å². The van der Waals surface area contributed by atoms with Crippen LogP contribution in [-0.4, -0.2) is 31.9 Å². The molecule has 7 heteroatoms. The van der Waals surface area contributed by atoms with Crippen LogP contribution in [0.2, 0.25) is 0 Å². The van der Waals surface area contributed by atoms with Crippen molar-refractivity contribution < 1.29 is 4.74 Å². The summed E-state index contributed by atoms with van der Waals surface area (Å²) in [5.74, 6) is 1.51. The minimum absolute atomic E-state index is 0.686. The Labute approximate surface area is 142 Å². The molecule has 0 atom stereocenters. The Hall–Kier alpha value is -3.06. The first kappa shape index (κ1) is 14.5. The Morgan fingerprint density at radius 1 is 1.08 bits per heavy atom. The lowest BCUT2D eigenvalue weighted by atomic mass is 10.2. The maximum absolute atomic E-state index is 5.35. The Balaban J connectivity index is 1.69. The molecule has 0 radical (unpaired) electrons. The zero-order valence-electron chi connectivity index (χ0n) is 12.8. The molecule has 0 bridgehead atoms. The number of pyridine rings is 1. The number of para-hydroxylation sites is 1. The van der Waals surface area contributed by atoms with Crippen LogP contribution in [0.15, 0.2) is 48.8 Å². The van der Waals surface area contributed by atoms with E-state index in [9.17, 15) is 0 Å². The normalized spacial score (nSPS) is 11.4. The second kappa shape index (κ2) is 6.21. The Morgan fingerprint density at radius 3 is 2.83 bits per heavy atom. The van der Waals surface area contributed by atoms with Gasteiger partial charge in [-0.2, -0.15) is 9.61 Å². The molecular formula is C17H13N5OS. The van der Waals surface area contributed by atoms with Crippen LogP contribution in [0.1, 0.15) is 10.6 Å². The van der Waals surface area contributed by atoms with E-state index < -0.39 is 0 Å². The summed E-state index contributed by atoms with van der Waals surface area (Å²) < 4.78 is 7.09. The number of ether oxygens (including phenoxy) is 1. The molecule has 4 rings (SSSR count). The fraction of sp³-hybridized carbons (Fsp3) is 0.0588. The molecule has 3 aromatic heterocycles. The first-order valence-electron chi connectivity index (χ1n) is 7.29. The number of benzene rings is 1. The quantitative estimate of drug-likeness (QED) is 0.572. The van der Waals surface area contributed by atoms with Crippen LogP contribution in [0, 0.1) is 0 Å². The molecule has 0 aliphatic carbocycles. The van der Waals surface area contributed by atoms with Crippen LogP contribution < -0.4 is 4.74 Å². The molecule has 0 fully saturated rings. The Morgan fingerprint density at radius 2 is 2.00 bits per heavy atom. The van der Waals surface area contributed by atoms with E-state index in [1.165, 1.54) is 11.3 Å². The first-order chi connectivity index (χ1) is 11.8. The molecule has 0 saturated heterocycles. The predicted octanol–water partition coefficient (Wildman–Crippen LogP) is 3.43. The van der Waals surface area contributed by atoms with Crippen molar-refractivity contribution in [2.75, 3.05) is 7.11 Å². The second-order valence-corrected chi connectivity index (χ2v) is 5.96. The summed E-state index contributed by atoms with van der Waals surface area (Å²) in [6, 6.07) is 11.6. The Kier molecular flexibility index (Phi) is 3.76. The third-order valence-electron chi connectivity index (χ3n) is 3.47. The molecule has 6 nitrogen and oxygen atoms in total. The van der Waals surface area contributed by atoms with E-state index in [1.807, 2.05) is 48.6 Å². The number of aromatic nitrogens is 5. The third kappa shape index (κ3) is 2.65. The maximum Gasteiger partial charge on any atom is 0.235 e. The lowest BCUT2D eigenvalue weighted by molar-refractivity contribution is 0.414. The van der Waals surface area contributed by atoms with E-state index in [1.54, 1.807) is 24.0 Å². The molecule has 0 amide bonds. The van der Waals surface area contributed by atoms with Crippen molar-refractivity contribution in [1.29, 1.82) is 0 Å². The van der Waals surface area contributed by atoms with Crippen LogP contribution in [-0.2, 0) is 0 Å². The summed E-state index contributed by atoms with van der Waals surface area (Å²) in [4.78, 5) is 4.86. The highest BCUT2D eigenvalue weighted by Crippen LogP contribution is 2.24. The highest BCUT2D eigenvalue weighted by molar-refractivity contribution is 7.17. The van der Waals surface area contributed by atoms with Gasteiger partial charge in [-0.25, -0.2) is 0 Å². The summed E-state index contributed by atoms with van der Waals surface area (Å²) in [6.07, 6.45) is 7.41. The fourth-order valence-electron chi connectivity index (χ4n) is 2.34. The standard InChI is InChI=1S/C17H13N5OS/c1-23-14-7-3-2-5-12(14)8-9-15-21-22-16(19-20-17(22)24-15)13-6-4-10-18-11-13/h2-11H,1H3/b9-8-. The molecule has 118 valence electrons. The SMILES string of the molecule is COc1ccccc1/C=C\c1nn2c(-c3cccnc3)nnc2s1. The van der Waals surface area contributed by atoms with Crippen molar-refractivity contribution >= 4 is 28.4 Å². The van der Waals surface area contributed by atoms with Crippen LogP contribution in [0.5, 0.6) is 5.75 Å². The van der Waals surface area contributed by atoms with Crippen molar-refractivity contribution in [3.8, 4) is 17.1 Å². The molecule has 4 aromatic rings. The highest BCUT2D eigenvalue weighted by Gasteiger charge is 2.12. The van der Waals surface area contributed by atoms with E-state index in [0.717, 1.165) is 26.8 Å². The predicted molar refractivity (Wildman–Crippen MR) is 93.8 cm³/mol. The van der Waals surface area contributed by atoms with E-state index in [4.69, 9.17) is 4.74 Å². The minimum atomic E-state index is 0.686. The van der Waals surface area contributed by atoms with Gasteiger partial charge in [-0.15, -0.1) is 10.2 Å². The van der Waals surface area contributed by atoms with E-state index >= 15 is 0 Å². The number of hydrogen-bond donors (Lipinski definition) is 0. The number of nitrogens with zero attached hydrogens (tertiary/aromatic N) is 5. The maximum atomic E-state index is 5.35. The monoisotopic (exact) mass is 335 g/mol. The highest BCUT2D eigenvalue weighted by atomic mass is 32.1. The molecule has 0 aliphatic heterocycles. The van der Waals surface area contributed by atoms with Gasteiger partial charge in [0.2, 0.25) is 4.96 Å². The van der Waals surface area contributed by atoms with Crippen molar-refractivity contribution in [1.82, 2.24) is 24.8 Å². The van der Waals surface area contributed by atoms with Crippen LogP contribution in [0.25, 0.3) is 28.5 Å². The summed E-state index contributed by atoms with van der Waals surface area (Å²) in [5, 5.41) is 13.8. The number of fused-ring (bicyclic) bond motifs is 1. The van der Waals surface area contributed by atoms with Crippen molar-refractivity contribution in [2.24, 2.45) is 0 Å². The van der Waals surface area contributed by atoms with Gasteiger partial charge >= 0.3 is 0 Å². The van der Waals surface area contributed by atoms with Crippen molar-refractivity contribution in [2.45, 2.75) is 0 Å². The van der Waals surface area contributed by atoms with Gasteiger partial charge in [0, 0.05) is 23.5 Å². The van der Waals surface area contributed by atoms with Crippen molar-refractivity contribution in [3.63, 3.8) is 0 Å². The average molecular weight is 335 g/mol. The summed E-state index contributed by atoms with van der Waals surface area (Å²) in [7, 11) is 1.66. The molecule has 3 heterocycles. The second-order valence-electron chi connectivity index (χ2n) is 4.98. The molecule has 0 N–H and O–H groups in total. The molecule has 0 aliphatic rings. The zero-order chi connectivity index (χ0) is 16.4. The van der Waals surface area contributed by atoms with Gasteiger partial charge in [0.1, 0.15) is 10.8 Å². The van der Waals surface area contributed by atoms with Crippen LogP contribution in [0.4, 0.5) is 0 Å². The van der Waals surface area contributed by atoms with Gasteiger partial charge in [-0.3, -0.25) is 4.98 Å². The van der Waals surface area contributed by atoms with Crippen molar-refractivity contribution in [3.05, 3.63) is 59.4 Å². The molecule has 1 aromatic carbocycles. The number of rotatable bonds is 4. The smallest absolute Gasteiger partial charge is 0.235 e. The third-order valence-corrected chi connectivity index (χ3v) is 4.33. The van der Waals surface area contributed by atoms with Gasteiger partial charge in [0.15, 0.2) is 5.82 Å². The lowest BCUT2D eigenvalue weighted by Crippen LogP contribution is -1.91. The van der Waals surface area contributed by atoms with Crippen LogP contribution in [0.3, 0.4) is 0 Å². The molecule has 0 spiro atoms. The van der Waals surface area contributed by atoms with Gasteiger partial charge in [0.05, 0.1) is 7.11 Å². The first-order valence-corrected chi connectivity index (χ1v) is 8.10.